The molecule has 2 fully saturated rings. The van der Waals surface area contributed by atoms with Gasteiger partial charge in [0.25, 0.3) is 5.56 Å². The van der Waals surface area contributed by atoms with Gasteiger partial charge in [-0.1, -0.05) is 12.1 Å². The molecule has 1 saturated carbocycles. The molecule has 0 bridgehead atoms. The summed E-state index contributed by atoms with van der Waals surface area (Å²) in [5, 5.41) is 3.52. The van der Waals surface area contributed by atoms with Gasteiger partial charge in [-0.15, -0.1) is 0 Å². The predicted molar refractivity (Wildman–Crippen MR) is 143 cm³/mol. The van der Waals surface area contributed by atoms with Crippen LogP contribution in [0.5, 0.6) is 0 Å². The molecule has 0 spiro atoms. The van der Waals surface area contributed by atoms with Crippen LogP contribution >= 0.6 is 0 Å². The van der Waals surface area contributed by atoms with Gasteiger partial charge in [0.15, 0.2) is 0 Å². The molecule has 1 saturated heterocycles. The molecule has 1 N–H and O–H groups in total. The first-order valence-corrected chi connectivity index (χ1v) is 13.1. The number of hydrogen-bond donors (Lipinski definition) is 1. The van der Waals surface area contributed by atoms with Gasteiger partial charge in [0.05, 0.1) is 11.6 Å². The lowest BCUT2D eigenvalue weighted by molar-refractivity contribution is 0.00706. The molecule has 1 aliphatic carbocycles. The van der Waals surface area contributed by atoms with E-state index in [-0.39, 0.29) is 17.6 Å². The maximum Gasteiger partial charge on any atom is 0.340 e. The number of benzene rings is 1. The van der Waals surface area contributed by atoms with Gasteiger partial charge in [0, 0.05) is 36.6 Å². The first-order chi connectivity index (χ1) is 17.2. The molecular formula is C29H36N4O3. The van der Waals surface area contributed by atoms with Crippen molar-refractivity contribution in [3.8, 4) is 0 Å². The fourth-order valence-corrected chi connectivity index (χ4v) is 4.91. The van der Waals surface area contributed by atoms with Crippen LogP contribution in [0.1, 0.15) is 93.2 Å². The Morgan fingerprint density at radius 2 is 1.83 bits per heavy atom. The average molecular weight is 489 g/mol. The van der Waals surface area contributed by atoms with Gasteiger partial charge in [0.2, 0.25) is 0 Å². The van der Waals surface area contributed by atoms with Crippen molar-refractivity contribution in [3.05, 3.63) is 69.6 Å². The van der Waals surface area contributed by atoms with Crippen LogP contribution in [0, 0.1) is 0 Å². The van der Waals surface area contributed by atoms with Crippen molar-refractivity contribution in [2.24, 2.45) is 0 Å². The summed E-state index contributed by atoms with van der Waals surface area (Å²) in [6.07, 6.45) is 7.71. The zero-order valence-electron chi connectivity index (χ0n) is 21.7. The Kier molecular flexibility index (Phi) is 6.49. The topological polar surface area (TPSA) is 75.9 Å². The number of para-hydroxylation sites is 1. The van der Waals surface area contributed by atoms with Crippen molar-refractivity contribution in [2.45, 2.75) is 77.4 Å². The summed E-state index contributed by atoms with van der Waals surface area (Å²) in [6, 6.07) is 11.1. The number of piperidine rings is 1. The zero-order valence-corrected chi connectivity index (χ0v) is 21.7. The smallest absolute Gasteiger partial charge is 0.340 e. The molecule has 190 valence electrons. The number of nitrogens with one attached hydrogen (secondary N) is 1. The number of esters is 1. The maximum absolute atomic E-state index is 13.3. The van der Waals surface area contributed by atoms with E-state index in [0.717, 1.165) is 50.2 Å². The van der Waals surface area contributed by atoms with E-state index in [9.17, 15) is 9.59 Å². The Labute approximate surface area is 212 Å². The fourth-order valence-electron chi connectivity index (χ4n) is 4.91. The van der Waals surface area contributed by atoms with Crippen molar-refractivity contribution < 1.29 is 9.53 Å². The van der Waals surface area contributed by atoms with E-state index in [1.54, 1.807) is 16.5 Å². The molecule has 1 aliphatic heterocycles. The molecule has 1 unspecified atom stereocenters. The van der Waals surface area contributed by atoms with Gasteiger partial charge >= 0.3 is 5.97 Å². The Morgan fingerprint density at radius 3 is 2.53 bits per heavy atom. The maximum atomic E-state index is 13.3. The molecule has 5 rings (SSSR count). The number of aromatic nitrogens is 2. The predicted octanol–water partition coefficient (Wildman–Crippen LogP) is 5.69. The van der Waals surface area contributed by atoms with Crippen molar-refractivity contribution in [1.82, 2.24) is 9.38 Å². The molecule has 7 heteroatoms. The highest BCUT2D eigenvalue weighted by Gasteiger charge is 2.27. The van der Waals surface area contributed by atoms with Gasteiger partial charge in [-0.3, -0.25) is 9.20 Å². The summed E-state index contributed by atoms with van der Waals surface area (Å²) in [4.78, 5) is 33.4. The van der Waals surface area contributed by atoms with Crippen LogP contribution in [0.15, 0.2) is 47.4 Å². The highest BCUT2D eigenvalue weighted by atomic mass is 16.6. The van der Waals surface area contributed by atoms with Gasteiger partial charge < -0.3 is 15.0 Å². The van der Waals surface area contributed by atoms with E-state index in [0.29, 0.717) is 22.8 Å². The Morgan fingerprint density at radius 1 is 1.11 bits per heavy atom. The highest BCUT2D eigenvalue weighted by molar-refractivity contribution is 5.96. The lowest BCUT2D eigenvalue weighted by Crippen LogP contribution is -2.32. The van der Waals surface area contributed by atoms with Crippen LogP contribution in [-0.4, -0.2) is 34.0 Å². The second kappa shape index (κ2) is 9.60. The minimum atomic E-state index is -0.583. The molecule has 2 aliphatic rings. The van der Waals surface area contributed by atoms with E-state index in [2.05, 4.69) is 23.2 Å². The van der Waals surface area contributed by atoms with Gasteiger partial charge in [0.1, 0.15) is 17.1 Å². The number of nitrogens with zero attached hydrogens (tertiary/aromatic N) is 3. The average Bonchev–Trinajstić information content (AvgIpc) is 3.69. The van der Waals surface area contributed by atoms with E-state index in [1.807, 2.05) is 45.2 Å². The third-order valence-corrected chi connectivity index (χ3v) is 6.91. The second-order valence-electron chi connectivity index (χ2n) is 11.1. The Hall–Kier alpha value is -3.35. The summed E-state index contributed by atoms with van der Waals surface area (Å²) in [7, 11) is 0. The molecular weight excluding hydrogens is 452 g/mol. The van der Waals surface area contributed by atoms with E-state index in [1.165, 1.54) is 12.0 Å². The van der Waals surface area contributed by atoms with Crippen molar-refractivity contribution in [3.63, 3.8) is 0 Å². The van der Waals surface area contributed by atoms with Crippen LogP contribution in [-0.2, 0) is 4.74 Å². The molecule has 0 radical (unpaired) electrons. The highest BCUT2D eigenvalue weighted by Crippen LogP contribution is 2.41. The van der Waals surface area contributed by atoms with Gasteiger partial charge in [-0.2, -0.15) is 0 Å². The minimum absolute atomic E-state index is 0.0503. The number of rotatable bonds is 6. The van der Waals surface area contributed by atoms with Gasteiger partial charge in [-0.25, -0.2) is 9.78 Å². The number of pyridine rings is 1. The molecule has 1 atom stereocenters. The van der Waals surface area contributed by atoms with Crippen LogP contribution in [0.2, 0.25) is 0 Å². The van der Waals surface area contributed by atoms with Crippen LogP contribution in [0.3, 0.4) is 0 Å². The number of anilines is 2. The minimum Gasteiger partial charge on any atom is -0.456 e. The third-order valence-electron chi connectivity index (χ3n) is 6.91. The molecule has 2 aromatic heterocycles. The van der Waals surface area contributed by atoms with Crippen molar-refractivity contribution in [1.29, 1.82) is 0 Å². The van der Waals surface area contributed by atoms with E-state index in [4.69, 9.17) is 9.72 Å². The lowest BCUT2D eigenvalue weighted by atomic mass is 10.0. The normalized spacial score (nSPS) is 17.2. The summed E-state index contributed by atoms with van der Waals surface area (Å²) in [5.41, 5.74) is 3.34. The van der Waals surface area contributed by atoms with E-state index >= 15 is 0 Å². The molecule has 36 heavy (non-hydrogen) atoms. The summed E-state index contributed by atoms with van der Waals surface area (Å²) >= 11 is 0. The fraction of sp³-hybridized carbons (Fsp3) is 0.483. The Bertz CT molecular complexity index is 1330. The standard InChI is InChI=1S/C29H36N4O3/c1-19(30-24-11-7-6-10-22(24)28(35)36-29(2,3)4)23-16-21(20-12-13-20)18-33-26(34)17-25(31-27(23)33)32-14-8-5-9-15-32/h6-7,10-11,16-20,30H,5,8-9,12-15H2,1-4H3. The third kappa shape index (κ3) is 5.25. The second-order valence-corrected chi connectivity index (χ2v) is 11.1. The van der Waals surface area contributed by atoms with Crippen molar-refractivity contribution in [2.75, 3.05) is 23.3 Å². The van der Waals surface area contributed by atoms with Crippen LogP contribution in [0.4, 0.5) is 11.5 Å². The number of hydrogen-bond acceptors (Lipinski definition) is 6. The lowest BCUT2D eigenvalue weighted by Gasteiger charge is -2.28. The zero-order chi connectivity index (χ0) is 25.4. The largest absolute Gasteiger partial charge is 0.456 e. The number of fused-ring (bicyclic) bond motifs is 1. The SMILES string of the molecule is CC(Nc1ccccc1C(=O)OC(C)(C)C)c1cc(C2CC2)cn2c(=O)cc(N3CCCCC3)nc12. The molecule has 3 aromatic rings. The van der Waals surface area contributed by atoms with E-state index < -0.39 is 5.60 Å². The van der Waals surface area contributed by atoms with Crippen LogP contribution < -0.4 is 15.8 Å². The first kappa shape index (κ1) is 24.3. The molecule has 3 heterocycles. The summed E-state index contributed by atoms with van der Waals surface area (Å²) < 4.78 is 7.34. The number of ether oxygens (including phenoxy) is 1. The molecule has 1 aromatic carbocycles. The molecule has 0 amide bonds. The number of carbonyl (C=O) groups is 1. The number of carbonyl (C=O) groups excluding carboxylic acids is 1. The first-order valence-electron chi connectivity index (χ1n) is 13.1. The molecule has 7 nitrogen and oxygen atoms in total. The summed E-state index contributed by atoms with van der Waals surface area (Å²) in [6.45, 7) is 9.50. The van der Waals surface area contributed by atoms with Gasteiger partial charge in [-0.05, 0) is 89.5 Å². The monoisotopic (exact) mass is 488 g/mol. The van der Waals surface area contributed by atoms with Crippen LogP contribution in [0.25, 0.3) is 5.65 Å². The summed E-state index contributed by atoms with van der Waals surface area (Å²) in [5.74, 6) is 0.876. The quantitative estimate of drug-likeness (QED) is 0.449. The van der Waals surface area contributed by atoms with Crippen molar-refractivity contribution >= 4 is 23.1 Å². The Balaban J connectivity index is 1.54.